The Morgan fingerprint density at radius 2 is 1.73 bits per heavy atom. The molecule has 134 valence electrons. The van der Waals surface area contributed by atoms with Gasteiger partial charge in [-0.05, 0) is 59.9 Å². The van der Waals surface area contributed by atoms with E-state index in [2.05, 4.69) is 75.9 Å². The predicted octanol–water partition coefficient (Wildman–Crippen LogP) is 6.62. The van der Waals surface area contributed by atoms with Gasteiger partial charge >= 0.3 is 0 Å². The van der Waals surface area contributed by atoms with Crippen LogP contribution in [-0.4, -0.2) is 5.78 Å². The molecule has 1 aliphatic carbocycles. The fourth-order valence-electron chi connectivity index (χ4n) is 3.75. The predicted molar refractivity (Wildman–Crippen MR) is 109 cm³/mol. The molecule has 0 spiro atoms. The van der Waals surface area contributed by atoms with Gasteiger partial charge in [-0.1, -0.05) is 63.2 Å². The molecular formula is C25H28O. The molecule has 0 saturated carbocycles. The second-order valence-electron chi connectivity index (χ2n) is 8.53. The second kappa shape index (κ2) is 7.48. The number of aryl methyl sites for hydroxylation is 1. The van der Waals surface area contributed by atoms with Crippen LogP contribution in [0.2, 0.25) is 0 Å². The monoisotopic (exact) mass is 344 g/mol. The van der Waals surface area contributed by atoms with E-state index in [1.165, 1.54) is 11.1 Å². The molecule has 1 aliphatic rings. The van der Waals surface area contributed by atoms with Gasteiger partial charge in [0.1, 0.15) is 0 Å². The van der Waals surface area contributed by atoms with Gasteiger partial charge in [-0.2, -0.15) is 0 Å². The Morgan fingerprint density at radius 3 is 2.42 bits per heavy atom. The van der Waals surface area contributed by atoms with Gasteiger partial charge in [0.05, 0.1) is 0 Å². The number of rotatable bonds is 3. The van der Waals surface area contributed by atoms with E-state index in [0.29, 0.717) is 6.42 Å². The first-order valence-corrected chi connectivity index (χ1v) is 9.52. The minimum Gasteiger partial charge on any atom is -0.294 e. The van der Waals surface area contributed by atoms with Gasteiger partial charge in [0.15, 0.2) is 5.78 Å². The summed E-state index contributed by atoms with van der Waals surface area (Å²) in [7, 11) is 0. The zero-order chi connectivity index (χ0) is 18.7. The number of Topliss-reactive ketones (excluding diaryl/α,β-unsaturated/α-hetero) is 1. The molecule has 2 aromatic rings. The average molecular weight is 344 g/mol. The molecule has 0 bridgehead atoms. The highest BCUT2D eigenvalue weighted by atomic mass is 16.1. The normalized spacial score (nSPS) is 13.8. The summed E-state index contributed by atoms with van der Waals surface area (Å²) in [5.41, 5.74) is 10.5. The van der Waals surface area contributed by atoms with Crippen molar-refractivity contribution < 1.29 is 4.79 Å². The van der Waals surface area contributed by atoms with Gasteiger partial charge < -0.3 is 0 Å². The number of carbonyl (C=O) groups excluding carboxylic acids is 1. The smallest absolute Gasteiger partial charge is 0.163 e. The minimum atomic E-state index is 0.227. The van der Waals surface area contributed by atoms with Crippen LogP contribution in [0.4, 0.5) is 0 Å². The molecule has 1 heteroatoms. The number of hydrogen-bond acceptors (Lipinski definition) is 1. The van der Waals surface area contributed by atoms with Gasteiger partial charge in [-0.3, -0.25) is 4.79 Å². The van der Waals surface area contributed by atoms with Crippen LogP contribution in [0, 0.1) is 5.41 Å². The summed E-state index contributed by atoms with van der Waals surface area (Å²) in [6, 6.07) is 16.7. The highest BCUT2D eigenvalue weighted by Crippen LogP contribution is 2.30. The fraction of sp³-hybridized carbons (Fsp3) is 0.360. The quantitative estimate of drug-likeness (QED) is 0.572. The van der Waals surface area contributed by atoms with Crippen molar-refractivity contribution in [2.24, 2.45) is 5.41 Å². The lowest BCUT2D eigenvalue weighted by atomic mass is 9.86. The highest BCUT2D eigenvalue weighted by molar-refractivity contribution is 5.99. The summed E-state index contributed by atoms with van der Waals surface area (Å²) in [4.78, 5) is 12.4. The van der Waals surface area contributed by atoms with Crippen LogP contribution in [0.3, 0.4) is 0 Å². The lowest BCUT2D eigenvalue weighted by molar-refractivity contribution is 0.0972. The van der Waals surface area contributed by atoms with Crippen LogP contribution >= 0.6 is 0 Å². The summed E-state index contributed by atoms with van der Waals surface area (Å²) in [6.07, 6.45) is 3.63. The molecule has 2 aromatic carbocycles. The molecule has 0 saturated heterocycles. The molecular weight excluding hydrogens is 316 g/mol. The molecule has 0 aromatic heterocycles. The Hall–Kier alpha value is -2.37. The number of allylic oxidation sites excluding steroid dienone is 1. The Balaban J connectivity index is 2.15. The molecule has 0 unspecified atom stereocenters. The van der Waals surface area contributed by atoms with Crippen LogP contribution in [0.1, 0.15) is 74.0 Å². The van der Waals surface area contributed by atoms with Crippen molar-refractivity contribution in [1.82, 2.24) is 0 Å². The van der Waals surface area contributed by atoms with Crippen LogP contribution in [0.25, 0.3) is 5.57 Å². The van der Waals surface area contributed by atoms with Crippen molar-refractivity contribution in [3.05, 3.63) is 82.1 Å². The standard InChI is InChI=1S/C25H28O/c1-18(17-25(2,3)4)15-22(19-9-6-5-7-10-19)21-14-13-20-11-8-12-24(26)23(20)16-21/h5-7,9-10,13-14,16H,8,11-12,17H2,1-4H3. The van der Waals surface area contributed by atoms with E-state index in [4.69, 9.17) is 0 Å². The molecule has 0 radical (unpaired) electrons. The average Bonchev–Trinajstić information content (AvgIpc) is 2.59. The SMILES string of the molecule is CC(=C=C(c1ccccc1)c1ccc2c(c1)C(=O)CCC2)CC(C)(C)C. The van der Waals surface area contributed by atoms with E-state index in [-0.39, 0.29) is 11.2 Å². The number of hydrogen-bond donors (Lipinski definition) is 0. The number of ketones is 1. The molecule has 0 N–H and O–H groups in total. The zero-order valence-electron chi connectivity index (χ0n) is 16.4. The van der Waals surface area contributed by atoms with Crippen molar-refractivity contribution in [3.63, 3.8) is 0 Å². The summed E-state index contributed by atoms with van der Waals surface area (Å²) in [6.45, 7) is 8.89. The van der Waals surface area contributed by atoms with Crippen molar-refractivity contribution in [3.8, 4) is 0 Å². The van der Waals surface area contributed by atoms with Gasteiger partial charge in [0.25, 0.3) is 0 Å². The van der Waals surface area contributed by atoms with E-state index >= 15 is 0 Å². The fourth-order valence-corrected chi connectivity index (χ4v) is 3.75. The van der Waals surface area contributed by atoms with Crippen LogP contribution in [-0.2, 0) is 6.42 Å². The van der Waals surface area contributed by atoms with Crippen molar-refractivity contribution in [2.45, 2.75) is 53.4 Å². The lowest BCUT2D eigenvalue weighted by Gasteiger charge is -2.18. The minimum absolute atomic E-state index is 0.227. The topological polar surface area (TPSA) is 17.1 Å². The third-order valence-electron chi connectivity index (χ3n) is 4.75. The molecule has 1 nitrogen and oxygen atoms in total. The summed E-state index contributed by atoms with van der Waals surface area (Å²) < 4.78 is 0. The largest absolute Gasteiger partial charge is 0.294 e. The van der Waals surface area contributed by atoms with Crippen molar-refractivity contribution >= 4 is 11.4 Å². The molecule has 0 fully saturated rings. The van der Waals surface area contributed by atoms with Gasteiger partial charge in [0, 0.05) is 17.6 Å². The third-order valence-corrected chi connectivity index (χ3v) is 4.75. The number of carbonyl (C=O) groups is 1. The van der Waals surface area contributed by atoms with Gasteiger partial charge in [0.2, 0.25) is 0 Å². The Bertz CT molecular complexity index is 872. The van der Waals surface area contributed by atoms with Crippen molar-refractivity contribution in [2.75, 3.05) is 0 Å². The lowest BCUT2D eigenvalue weighted by Crippen LogP contribution is -2.11. The maximum atomic E-state index is 12.4. The summed E-state index contributed by atoms with van der Waals surface area (Å²) in [5, 5.41) is 0. The molecule has 26 heavy (non-hydrogen) atoms. The van der Waals surface area contributed by atoms with Gasteiger partial charge in [-0.25, -0.2) is 0 Å². The molecule has 0 aliphatic heterocycles. The number of fused-ring (bicyclic) bond motifs is 1. The summed E-state index contributed by atoms with van der Waals surface area (Å²) >= 11 is 0. The highest BCUT2D eigenvalue weighted by Gasteiger charge is 2.18. The number of benzene rings is 2. The Morgan fingerprint density at radius 1 is 1.00 bits per heavy atom. The first-order valence-electron chi connectivity index (χ1n) is 9.52. The second-order valence-corrected chi connectivity index (χ2v) is 8.53. The first-order chi connectivity index (χ1) is 12.3. The third kappa shape index (κ3) is 4.42. The molecule has 0 heterocycles. The Kier molecular flexibility index (Phi) is 5.30. The first kappa shape index (κ1) is 18.4. The van der Waals surface area contributed by atoms with E-state index in [0.717, 1.165) is 41.5 Å². The maximum Gasteiger partial charge on any atom is 0.163 e. The van der Waals surface area contributed by atoms with E-state index < -0.39 is 0 Å². The zero-order valence-corrected chi connectivity index (χ0v) is 16.4. The Labute approximate surface area is 157 Å². The molecule has 3 rings (SSSR count). The molecule has 0 amide bonds. The van der Waals surface area contributed by atoms with Crippen LogP contribution in [0.5, 0.6) is 0 Å². The summed E-state index contributed by atoms with van der Waals surface area (Å²) in [5.74, 6) is 0.274. The molecule has 0 atom stereocenters. The van der Waals surface area contributed by atoms with Crippen molar-refractivity contribution in [1.29, 1.82) is 0 Å². The van der Waals surface area contributed by atoms with Crippen LogP contribution in [0.15, 0.2) is 59.8 Å². The van der Waals surface area contributed by atoms with Crippen LogP contribution < -0.4 is 0 Å². The maximum absolute atomic E-state index is 12.4. The van der Waals surface area contributed by atoms with E-state index in [1.807, 2.05) is 6.07 Å². The van der Waals surface area contributed by atoms with E-state index in [1.54, 1.807) is 0 Å². The van der Waals surface area contributed by atoms with Gasteiger partial charge in [-0.15, -0.1) is 5.73 Å². The van der Waals surface area contributed by atoms with E-state index in [9.17, 15) is 4.79 Å².